The molecule has 0 unspecified atom stereocenters. The summed E-state index contributed by atoms with van der Waals surface area (Å²) in [6, 6.07) is 0. The van der Waals surface area contributed by atoms with E-state index in [-0.39, 0.29) is 6.61 Å². The molecule has 8 heavy (non-hydrogen) atoms. The van der Waals surface area contributed by atoms with Crippen molar-refractivity contribution in [1.29, 1.82) is 0 Å². The zero-order valence-electron chi connectivity index (χ0n) is 4.37. The van der Waals surface area contributed by atoms with E-state index in [1.807, 2.05) is 0 Å². The van der Waals surface area contributed by atoms with E-state index in [0.717, 1.165) is 0 Å². The van der Waals surface area contributed by atoms with Crippen LogP contribution < -0.4 is 0 Å². The SMILES string of the molecule is C=C=COCC(O)O. The largest absolute Gasteiger partial charge is 0.488 e. The van der Waals surface area contributed by atoms with E-state index in [1.165, 1.54) is 6.26 Å². The standard InChI is InChI=1S/C5H8O3/c1-2-3-8-4-5(6)7/h3,5-7H,1,4H2. The molecule has 0 radical (unpaired) electrons. The predicted octanol–water partition coefficient (Wildman–Crippen LogP) is -0.388. The van der Waals surface area contributed by atoms with Gasteiger partial charge in [0, 0.05) is 0 Å². The first-order valence-electron chi connectivity index (χ1n) is 2.09. The molecule has 0 aromatic heterocycles. The van der Waals surface area contributed by atoms with Crippen molar-refractivity contribution in [3.05, 3.63) is 18.6 Å². The highest BCUT2D eigenvalue weighted by Crippen LogP contribution is 1.77. The minimum Gasteiger partial charge on any atom is -0.488 e. The van der Waals surface area contributed by atoms with Crippen molar-refractivity contribution in [2.45, 2.75) is 6.29 Å². The highest BCUT2D eigenvalue weighted by Gasteiger charge is 1.91. The molecule has 3 nitrogen and oxygen atoms in total. The van der Waals surface area contributed by atoms with Crippen molar-refractivity contribution in [2.75, 3.05) is 6.61 Å². The van der Waals surface area contributed by atoms with Gasteiger partial charge in [-0.15, -0.1) is 0 Å². The van der Waals surface area contributed by atoms with E-state index < -0.39 is 6.29 Å². The molecule has 0 saturated heterocycles. The van der Waals surface area contributed by atoms with Gasteiger partial charge in [-0.2, -0.15) is 0 Å². The van der Waals surface area contributed by atoms with Gasteiger partial charge in [0.25, 0.3) is 0 Å². The van der Waals surface area contributed by atoms with E-state index in [1.54, 1.807) is 0 Å². The molecule has 0 aliphatic heterocycles. The minimum absolute atomic E-state index is 0.136. The Morgan fingerprint density at radius 3 is 2.75 bits per heavy atom. The zero-order chi connectivity index (χ0) is 6.41. The monoisotopic (exact) mass is 116 g/mol. The lowest BCUT2D eigenvalue weighted by Gasteiger charge is -1.99. The summed E-state index contributed by atoms with van der Waals surface area (Å²) in [5.74, 6) is 0. The number of ether oxygens (including phenoxy) is 1. The van der Waals surface area contributed by atoms with Crippen molar-refractivity contribution in [2.24, 2.45) is 0 Å². The third kappa shape index (κ3) is 5.24. The Bertz CT molecular complexity index is 91.8. The molecule has 0 aromatic rings. The van der Waals surface area contributed by atoms with Crippen LogP contribution in [0.2, 0.25) is 0 Å². The fraction of sp³-hybridized carbons (Fsp3) is 0.400. The van der Waals surface area contributed by atoms with E-state index in [0.29, 0.717) is 0 Å². The summed E-state index contributed by atoms with van der Waals surface area (Å²) in [6.45, 7) is 3.05. The average Bonchev–Trinajstić information content (AvgIpc) is 1.66. The van der Waals surface area contributed by atoms with Gasteiger partial charge < -0.3 is 14.9 Å². The lowest BCUT2D eigenvalue weighted by Crippen LogP contribution is -2.10. The molecule has 0 aliphatic rings. The van der Waals surface area contributed by atoms with Gasteiger partial charge in [-0.3, -0.25) is 0 Å². The maximum absolute atomic E-state index is 8.14. The van der Waals surface area contributed by atoms with Gasteiger partial charge >= 0.3 is 0 Å². The van der Waals surface area contributed by atoms with Crippen LogP contribution in [0.4, 0.5) is 0 Å². The van der Waals surface area contributed by atoms with Crippen LogP contribution in [0.25, 0.3) is 0 Å². The summed E-state index contributed by atoms with van der Waals surface area (Å²) < 4.78 is 4.45. The van der Waals surface area contributed by atoms with Crippen LogP contribution in [0.5, 0.6) is 0 Å². The molecule has 0 rings (SSSR count). The van der Waals surface area contributed by atoms with Gasteiger partial charge in [-0.25, -0.2) is 0 Å². The first-order valence-corrected chi connectivity index (χ1v) is 2.09. The number of rotatable bonds is 3. The van der Waals surface area contributed by atoms with Crippen molar-refractivity contribution >= 4 is 0 Å². The van der Waals surface area contributed by atoms with Crippen molar-refractivity contribution in [3.8, 4) is 0 Å². The van der Waals surface area contributed by atoms with Gasteiger partial charge in [0.15, 0.2) is 6.29 Å². The molecular formula is C5H8O3. The minimum atomic E-state index is -1.42. The fourth-order valence-electron chi connectivity index (χ4n) is 0.193. The van der Waals surface area contributed by atoms with Crippen LogP contribution in [0.3, 0.4) is 0 Å². The molecule has 2 N–H and O–H groups in total. The average molecular weight is 116 g/mol. The van der Waals surface area contributed by atoms with Gasteiger partial charge in [-0.1, -0.05) is 12.3 Å². The Kier molecular flexibility index (Phi) is 3.98. The second-order valence-corrected chi connectivity index (χ2v) is 1.14. The quantitative estimate of drug-likeness (QED) is 0.300. The Morgan fingerprint density at radius 2 is 2.38 bits per heavy atom. The van der Waals surface area contributed by atoms with Gasteiger partial charge in [0.2, 0.25) is 0 Å². The molecule has 0 amide bonds. The Hall–Kier alpha value is -0.760. The molecule has 0 heterocycles. The second kappa shape index (κ2) is 4.40. The van der Waals surface area contributed by atoms with Crippen molar-refractivity contribution in [1.82, 2.24) is 0 Å². The maximum atomic E-state index is 8.14. The summed E-state index contributed by atoms with van der Waals surface area (Å²) in [5, 5.41) is 16.3. The van der Waals surface area contributed by atoms with E-state index in [2.05, 4.69) is 17.0 Å². The van der Waals surface area contributed by atoms with Gasteiger partial charge in [0.1, 0.15) is 12.9 Å². The highest BCUT2D eigenvalue weighted by atomic mass is 16.5. The summed E-state index contributed by atoms with van der Waals surface area (Å²) >= 11 is 0. The molecule has 0 fully saturated rings. The number of aliphatic hydroxyl groups is 2. The van der Waals surface area contributed by atoms with Crippen LogP contribution in [-0.2, 0) is 4.74 Å². The van der Waals surface area contributed by atoms with Gasteiger partial charge in [-0.05, 0) is 0 Å². The van der Waals surface area contributed by atoms with Crippen LogP contribution in [-0.4, -0.2) is 23.1 Å². The second-order valence-electron chi connectivity index (χ2n) is 1.14. The lowest BCUT2D eigenvalue weighted by molar-refractivity contribution is -0.0776. The molecule has 0 bridgehead atoms. The molecular weight excluding hydrogens is 108 g/mol. The molecule has 0 saturated carbocycles. The molecule has 0 spiro atoms. The summed E-state index contributed by atoms with van der Waals surface area (Å²) in [6.07, 6.45) is -0.251. The summed E-state index contributed by atoms with van der Waals surface area (Å²) in [7, 11) is 0. The third-order valence-corrected chi connectivity index (χ3v) is 0.412. The topological polar surface area (TPSA) is 49.7 Å². The number of hydrogen-bond donors (Lipinski definition) is 2. The highest BCUT2D eigenvalue weighted by molar-refractivity contribution is 4.63. The first kappa shape index (κ1) is 7.24. The third-order valence-electron chi connectivity index (χ3n) is 0.412. The van der Waals surface area contributed by atoms with E-state index in [9.17, 15) is 0 Å². The lowest BCUT2D eigenvalue weighted by atomic mass is 10.7. The predicted molar refractivity (Wildman–Crippen MR) is 27.9 cm³/mol. The van der Waals surface area contributed by atoms with E-state index >= 15 is 0 Å². The normalized spacial score (nSPS) is 8.38. The van der Waals surface area contributed by atoms with E-state index in [4.69, 9.17) is 10.2 Å². The molecule has 0 atom stereocenters. The van der Waals surface area contributed by atoms with Crippen molar-refractivity contribution < 1.29 is 14.9 Å². The first-order chi connectivity index (χ1) is 3.77. The van der Waals surface area contributed by atoms with Crippen molar-refractivity contribution in [3.63, 3.8) is 0 Å². The van der Waals surface area contributed by atoms with Gasteiger partial charge in [0.05, 0.1) is 0 Å². The van der Waals surface area contributed by atoms with Crippen LogP contribution in [0.15, 0.2) is 18.6 Å². The Balaban J connectivity index is 3.05. The number of hydrogen-bond acceptors (Lipinski definition) is 3. The smallest absolute Gasteiger partial charge is 0.186 e. The molecule has 0 aromatic carbocycles. The van der Waals surface area contributed by atoms with Crippen LogP contribution in [0.1, 0.15) is 0 Å². The Labute approximate surface area is 47.5 Å². The fourth-order valence-corrected chi connectivity index (χ4v) is 0.193. The molecule has 0 aliphatic carbocycles. The zero-order valence-corrected chi connectivity index (χ0v) is 4.37. The molecule has 3 heteroatoms. The van der Waals surface area contributed by atoms with Crippen LogP contribution >= 0.6 is 0 Å². The Morgan fingerprint density at radius 1 is 1.75 bits per heavy atom. The van der Waals surface area contributed by atoms with Crippen LogP contribution in [0, 0.1) is 0 Å². The molecule has 46 valence electrons. The number of aliphatic hydroxyl groups excluding tert-OH is 1. The summed E-state index contributed by atoms with van der Waals surface area (Å²) in [5.41, 5.74) is 2.30. The maximum Gasteiger partial charge on any atom is 0.186 e. The summed E-state index contributed by atoms with van der Waals surface area (Å²) in [4.78, 5) is 0.